The molecule has 0 saturated carbocycles. The normalized spacial score (nSPS) is 12.1. The zero-order valence-electron chi connectivity index (χ0n) is 11.2. The van der Waals surface area contributed by atoms with Crippen LogP contribution in [0.4, 0.5) is 0 Å². The lowest BCUT2D eigenvalue weighted by Crippen LogP contribution is -2.05. The lowest BCUT2D eigenvalue weighted by Gasteiger charge is -2.05. The zero-order chi connectivity index (χ0) is 14.9. The number of nitrogens with zero attached hydrogens (tertiary/aromatic N) is 1. The summed E-state index contributed by atoms with van der Waals surface area (Å²) in [5.74, 6) is 1.17. The molecule has 0 unspecified atom stereocenters. The summed E-state index contributed by atoms with van der Waals surface area (Å²) in [7, 11) is -4.43. The van der Waals surface area contributed by atoms with Gasteiger partial charge in [-0.05, 0) is 18.1 Å². The second-order valence-electron chi connectivity index (χ2n) is 4.80. The van der Waals surface area contributed by atoms with Gasteiger partial charge in [-0.2, -0.15) is 0 Å². The Balaban J connectivity index is 2.57. The van der Waals surface area contributed by atoms with Crippen LogP contribution in [0.5, 0.6) is 0 Å². The van der Waals surface area contributed by atoms with E-state index in [0.717, 1.165) is 0 Å². The van der Waals surface area contributed by atoms with E-state index in [4.69, 9.17) is 8.83 Å². The number of furan rings is 1. The maximum atomic E-state index is 11.5. The monoisotopic (exact) mass is 297 g/mol. The van der Waals surface area contributed by atoms with E-state index < -0.39 is 7.60 Å². The van der Waals surface area contributed by atoms with Crippen molar-refractivity contribution in [3.8, 4) is 11.5 Å². The van der Waals surface area contributed by atoms with E-state index in [2.05, 4.69) is 11.6 Å². The maximum Gasteiger partial charge on any atom is 0.360 e. The number of oxazole rings is 1. The molecule has 2 N–H and O–H groups in total. The Morgan fingerprint density at radius 2 is 2.20 bits per heavy atom. The number of hydrogen-bond donors (Lipinski definition) is 2. The Hall–Kier alpha value is -1.62. The molecule has 108 valence electrons. The predicted molar refractivity (Wildman–Crippen MR) is 74.5 cm³/mol. The summed E-state index contributed by atoms with van der Waals surface area (Å²) in [6.45, 7) is 7.59. The van der Waals surface area contributed by atoms with E-state index in [0.29, 0.717) is 29.7 Å². The molecule has 0 atom stereocenters. The maximum absolute atomic E-state index is 11.5. The van der Waals surface area contributed by atoms with Gasteiger partial charge in [-0.25, -0.2) is 4.98 Å². The van der Waals surface area contributed by atoms with E-state index in [1.54, 1.807) is 0 Å². The quantitative estimate of drug-likeness (QED) is 0.823. The van der Waals surface area contributed by atoms with E-state index in [1.165, 1.54) is 18.4 Å². The summed E-state index contributed by atoms with van der Waals surface area (Å²) in [6, 6.07) is 1.25. The Morgan fingerprint density at radius 3 is 2.75 bits per heavy atom. The van der Waals surface area contributed by atoms with Gasteiger partial charge < -0.3 is 18.6 Å². The summed E-state index contributed by atoms with van der Waals surface area (Å²) >= 11 is 0. The lowest BCUT2D eigenvalue weighted by atomic mass is 10.1. The third-order valence-electron chi connectivity index (χ3n) is 2.66. The molecule has 0 fully saturated rings. The molecule has 7 heteroatoms. The molecule has 0 saturated heterocycles. The fourth-order valence-corrected chi connectivity index (χ4v) is 2.53. The molecule has 0 aliphatic heterocycles. The Labute approximate surface area is 116 Å². The van der Waals surface area contributed by atoms with Crippen LogP contribution in [0, 0.1) is 5.92 Å². The first-order valence-corrected chi connectivity index (χ1v) is 7.70. The van der Waals surface area contributed by atoms with Crippen molar-refractivity contribution >= 4 is 19.0 Å². The van der Waals surface area contributed by atoms with Crippen LogP contribution in [-0.2, 0) is 11.0 Å². The van der Waals surface area contributed by atoms with Crippen LogP contribution < -0.4 is 5.30 Å². The third-order valence-corrected chi connectivity index (χ3v) is 3.64. The van der Waals surface area contributed by atoms with Gasteiger partial charge in [-0.1, -0.05) is 20.4 Å². The molecule has 20 heavy (non-hydrogen) atoms. The SMILES string of the molecule is C=Cc1nc(-c2occc2P(=O)(O)O)c(CC(C)C)o1. The molecule has 6 nitrogen and oxygen atoms in total. The van der Waals surface area contributed by atoms with Crippen molar-refractivity contribution in [1.29, 1.82) is 0 Å². The van der Waals surface area contributed by atoms with Crippen LogP contribution in [0.25, 0.3) is 17.5 Å². The van der Waals surface area contributed by atoms with Crippen molar-refractivity contribution in [3.63, 3.8) is 0 Å². The highest BCUT2D eigenvalue weighted by Gasteiger charge is 2.29. The Bertz CT molecular complexity index is 664. The van der Waals surface area contributed by atoms with Crippen molar-refractivity contribution < 1.29 is 23.2 Å². The fourth-order valence-electron chi connectivity index (χ4n) is 1.85. The highest BCUT2D eigenvalue weighted by molar-refractivity contribution is 7.60. The van der Waals surface area contributed by atoms with Gasteiger partial charge in [0.05, 0.1) is 6.26 Å². The number of rotatable bonds is 5. The highest BCUT2D eigenvalue weighted by Crippen LogP contribution is 2.39. The summed E-state index contributed by atoms with van der Waals surface area (Å²) in [6.07, 6.45) is 3.25. The molecule has 0 aliphatic carbocycles. The van der Waals surface area contributed by atoms with Gasteiger partial charge in [-0.15, -0.1) is 0 Å². The average Bonchev–Trinajstić information content (AvgIpc) is 2.92. The van der Waals surface area contributed by atoms with Crippen LogP contribution in [0.15, 0.2) is 27.7 Å². The van der Waals surface area contributed by atoms with E-state index >= 15 is 0 Å². The Kier molecular flexibility index (Phi) is 3.99. The standard InChI is InChI=1S/C13H16NO5P/c1-4-11-14-12(9(19-11)7-8(2)3)13-10(5-6-18-13)20(15,16)17/h4-6,8H,1,7H2,2-3H3,(H2,15,16,17). The molecule has 0 aromatic carbocycles. The average molecular weight is 297 g/mol. The Morgan fingerprint density at radius 1 is 1.50 bits per heavy atom. The molecule has 2 aromatic rings. The molecule has 0 radical (unpaired) electrons. The van der Waals surface area contributed by atoms with Crippen molar-refractivity contribution in [1.82, 2.24) is 4.98 Å². The van der Waals surface area contributed by atoms with E-state index in [9.17, 15) is 14.4 Å². The predicted octanol–water partition coefficient (Wildman–Crippen LogP) is 2.58. The van der Waals surface area contributed by atoms with Crippen LogP contribution in [0.1, 0.15) is 25.5 Å². The largest absolute Gasteiger partial charge is 0.462 e. The third kappa shape index (κ3) is 2.93. The first-order chi connectivity index (χ1) is 9.32. The molecule has 2 heterocycles. The topological polar surface area (TPSA) is 96.7 Å². The van der Waals surface area contributed by atoms with Crippen molar-refractivity contribution in [3.05, 3.63) is 30.6 Å². The van der Waals surface area contributed by atoms with Gasteiger partial charge in [0.2, 0.25) is 5.89 Å². The van der Waals surface area contributed by atoms with Gasteiger partial charge in [-0.3, -0.25) is 4.57 Å². The second-order valence-corrected chi connectivity index (χ2v) is 6.37. The zero-order valence-corrected chi connectivity index (χ0v) is 12.1. The molecular formula is C13H16NO5P. The minimum atomic E-state index is -4.43. The second kappa shape index (κ2) is 5.40. The minimum Gasteiger partial charge on any atom is -0.462 e. The van der Waals surface area contributed by atoms with E-state index in [-0.39, 0.29) is 11.1 Å². The highest BCUT2D eigenvalue weighted by atomic mass is 31.2. The molecule has 0 aliphatic rings. The van der Waals surface area contributed by atoms with Crippen LogP contribution in [0.3, 0.4) is 0 Å². The number of aromatic nitrogens is 1. The molecular weight excluding hydrogens is 281 g/mol. The van der Waals surface area contributed by atoms with Crippen molar-refractivity contribution in [2.45, 2.75) is 20.3 Å². The van der Waals surface area contributed by atoms with Gasteiger partial charge >= 0.3 is 7.60 Å². The van der Waals surface area contributed by atoms with E-state index in [1.807, 2.05) is 13.8 Å². The smallest absolute Gasteiger partial charge is 0.360 e. The van der Waals surface area contributed by atoms with Gasteiger partial charge in [0.15, 0.2) is 5.76 Å². The van der Waals surface area contributed by atoms with Crippen molar-refractivity contribution in [2.24, 2.45) is 5.92 Å². The van der Waals surface area contributed by atoms with Gasteiger partial charge in [0.25, 0.3) is 0 Å². The lowest BCUT2D eigenvalue weighted by molar-refractivity contribution is 0.387. The fraction of sp³-hybridized carbons (Fsp3) is 0.308. The summed E-state index contributed by atoms with van der Waals surface area (Å²) in [5.41, 5.74) is 0.317. The minimum absolute atomic E-state index is 0.0471. The summed E-state index contributed by atoms with van der Waals surface area (Å²) in [4.78, 5) is 22.8. The van der Waals surface area contributed by atoms with Crippen LogP contribution >= 0.6 is 7.60 Å². The number of hydrogen-bond acceptors (Lipinski definition) is 4. The van der Waals surface area contributed by atoms with Crippen LogP contribution in [-0.4, -0.2) is 14.8 Å². The first-order valence-electron chi connectivity index (χ1n) is 6.09. The van der Waals surface area contributed by atoms with Gasteiger partial charge in [0, 0.05) is 6.42 Å². The van der Waals surface area contributed by atoms with Gasteiger partial charge in [0.1, 0.15) is 16.8 Å². The molecule has 0 bridgehead atoms. The van der Waals surface area contributed by atoms with Crippen LogP contribution in [0.2, 0.25) is 0 Å². The molecule has 0 amide bonds. The first kappa shape index (κ1) is 14.8. The van der Waals surface area contributed by atoms with Crippen molar-refractivity contribution in [2.75, 3.05) is 0 Å². The molecule has 0 spiro atoms. The molecule has 2 aromatic heterocycles. The molecule has 2 rings (SSSR count). The summed E-state index contributed by atoms with van der Waals surface area (Å²) < 4.78 is 22.2. The summed E-state index contributed by atoms with van der Waals surface area (Å²) in [5, 5.41) is -0.189.